The summed E-state index contributed by atoms with van der Waals surface area (Å²) in [7, 11) is 0. The molecule has 0 spiro atoms. The van der Waals surface area contributed by atoms with Crippen molar-refractivity contribution < 1.29 is 14.3 Å². The molecule has 1 aromatic carbocycles. The highest BCUT2D eigenvalue weighted by molar-refractivity contribution is 6.00. The standard InChI is InChI=1S/C17H17N3O3/c1-11-9-13-5-3-4-6-15(13)20(11)16(21)12(2)23-17(22)14-10-18-7-8-19-14/h3-8,10-12H,9H2,1-2H3/t11-,12+/m1/s1. The lowest BCUT2D eigenvalue weighted by atomic mass is 10.1. The first-order valence-electron chi connectivity index (χ1n) is 7.46. The third-order valence-corrected chi connectivity index (χ3v) is 3.85. The van der Waals surface area contributed by atoms with Crippen molar-refractivity contribution >= 4 is 17.6 Å². The van der Waals surface area contributed by atoms with Crippen molar-refractivity contribution in [2.24, 2.45) is 0 Å². The molecule has 0 saturated carbocycles. The Morgan fingerprint density at radius 1 is 1.30 bits per heavy atom. The fraction of sp³-hybridized carbons (Fsp3) is 0.294. The molecule has 118 valence electrons. The van der Waals surface area contributed by atoms with Crippen molar-refractivity contribution in [3.05, 3.63) is 54.1 Å². The minimum absolute atomic E-state index is 0.0394. The summed E-state index contributed by atoms with van der Waals surface area (Å²) >= 11 is 0. The molecule has 1 aliphatic heterocycles. The SMILES string of the molecule is C[C@H](OC(=O)c1cnccn1)C(=O)N1c2ccccc2C[C@H]1C. The first kappa shape index (κ1) is 15.1. The number of esters is 1. The largest absolute Gasteiger partial charge is 0.448 e. The summed E-state index contributed by atoms with van der Waals surface area (Å²) < 4.78 is 5.24. The molecule has 1 amide bonds. The monoisotopic (exact) mass is 311 g/mol. The Labute approximate surface area is 134 Å². The van der Waals surface area contributed by atoms with Gasteiger partial charge in [-0.05, 0) is 31.9 Å². The number of fused-ring (bicyclic) bond motifs is 1. The van der Waals surface area contributed by atoms with E-state index in [1.165, 1.54) is 18.6 Å². The van der Waals surface area contributed by atoms with Gasteiger partial charge in [0.2, 0.25) is 0 Å². The highest BCUT2D eigenvalue weighted by Gasteiger charge is 2.34. The first-order valence-corrected chi connectivity index (χ1v) is 7.46. The second kappa shape index (κ2) is 6.16. The van der Waals surface area contributed by atoms with E-state index in [4.69, 9.17) is 4.74 Å². The molecule has 2 aromatic rings. The zero-order valence-electron chi connectivity index (χ0n) is 13.0. The summed E-state index contributed by atoms with van der Waals surface area (Å²) in [5.41, 5.74) is 2.09. The van der Waals surface area contributed by atoms with Crippen LogP contribution in [0.5, 0.6) is 0 Å². The molecule has 0 saturated heterocycles. The van der Waals surface area contributed by atoms with Crippen molar-refractivity contribution in [2.75, 3.05) is 4.90 Å². The number of amides is 1. The lowest BCUT2D eigenvalue weighted by Gasteiger charge is -2.25. The lowest BCUT2D eigenvalue weighted by molar-refractivity contribution is -0.126. The number of carbonyl (C=O) groups excluding carboxylic acids is 2. The Hall–Kier alpha value is -2.76. The maximum Gasteiger partial charge on any atom is 0.359 e. The third-order valence-electron chi connectivity index (χ3n) is 3.85. The molecule has 23 heavy (non-hydrogen) atoms. The van der Waals surface area contributed by atoms with Crippen molar-refractivity contribution in [3.63, 3.8) is 0 Å². The van der Waals surface area contributed by atoms with Gasteiger partial charge >= 0.3 is 5.97 Å². The molecule has 6 nitrogen and oxygen atoms in total. The van der Waals surface area contributed by atoms with Gasteiger partial charge in [-0.25, -0.2) is 9.78 Å². The number of hydrogen-bond acceptors (Lipinski definition) is 5. The third kappa shape index (κ3) is 2.92. The molecule has 0 aliphatic carbocycles. The first-order chi connectivity index (χ1) is 11.1. The molecule has 0 fully saturated rings. The van der Waals surface area contributed by atoms with Crippen LogP contribution in [-0.2, 0) is 16.0 Å². The number of rotatable bonds is 3. The molecule has 1 aromatic heterocycles. The maximum absolute atomic E-state index is 12.7. The Kier molecular flexibility index (Phi) is 4.06. The lowest BCUT2D eigenvalue weighted by Crippen LogP contribution is -2.43. The summed E-state index contributed by atoms with van der Waals surface area (Å²) in [6, 6.07) is 7.81. The molecule has 2 heterocycles. The zero-order chi connectivity index (χ0) is 16.4. The van der Waals surface area contributed by atoms with Gasteiger partial charge in [-0.2, -0.15) is 0 Å². The van der Waals surface area contributed by atoms with Gasteiger partial charge in [-0.1, -0.05) is 18.2 Å². The van der Waals surface area contributed by atoms with Crippen LogP contribution in [0.15, 0.2) is 42.9 Å². The number of anilines is 1. The second-order valence-electron chi connectivity index (χ2n) is 5.53. The molecule has 1 aliphatic rings. The highest BCUT2D eigenvalue weighted by atomic mass is 16.5. The van der Waals surface area contributed by atoms with Crippen LogP contribution in [0.2, 0.25) is 0 Å². The number of nitrogens with zero attached hydrogens (tertiary/aromatic N) is 3. The van der Waals surface area contributed by atoms with E-state index in [9.17, 15) is 9.59 Å². The fourth-order valence-corrected chi connectivity index (χ4v) is 2.77. The smallest absolute Gasteiger partial charge is 0.359 e. The van der Waals surface area contributed by atoms with Gasteiger partial charge in [0.05, 0.1) is 6.20 Å². The number of hydrogen-bond donors (Lipinski definition) is 0. The minimum Gasteiger partial charge on any atom is -0.448 e. The molecule has 2 atom stereocenters. The predicted molar refractivity (Wildman–Crippen MR) is 84.0 cm³/mol. The summed E-state index contributed by atoms with van der Waals surface area (Å²) in [6.07, 6.45) is 4.09. The number of benzene rings is 1. The Morgan fingerprint density at radius 3 is 2.83 bits per heavy atom. The number of carbonyl (C=O) groups is 2. The van der Waals surface area contributed by atoms with Gasteiger partial charge in [-0.15, -0.1) is 0 Å². The summed E-state index contributed by atoms with van der Waals surface area (Å²) in [6.45, 7) is 3.55. The molecule has 0 radical (unpaired) electrons. The van der Waals surface area contributed by atoms with E-state index in [1.807, 2.05) is 31.2 Å². The number of aromatic nitrogens is 2. The van der Waals surface area contributed by atoms with Gasteiger partial charge in [0.25, 0.3) is 5.91 Å². The quantitative estimate of drug-likeness (QED) is 0.811. The van der Waals surface area contributed by atoms with Crippen LogP contribution >= 0.6 is 0 Å². The summed E-state index contributed by atoms with van der Waals surface area (Å²) in [4.78, 5) is 34.1. The van der Waals surface area contributed by atoms with Crippen LogP contribution in [-0.4, -0.2) is 34.0 Å². The number of ether oxygens (including phenoxy) is 1. The van der Waals surface area contributed by atoms with Crippen LogP contribution in [0.4, 0.5) is 5.69 Å². The van der Waals surface area contributed by atoms with Crippen molar-refractivity contribution in [1.82, 2.24) is 9.97 Å². The minimum atomic E-state index is -0.891. The van der Waals surface area contributed by atoms with Gasteiger partial charge in [-0.3, -0.25) is 9.78 Å². The Morgan fingerprint density at radius 2 is 2.09 bits per heavy atom. The van der Waals surface area contributed by atoms with E-state index in [-0.39, 0.29) is 17.6 Å². The van der Waals surface area contributed by atoms with Crippen LogP contribution in [0, 0.1) is 0 Å². The number of para-hydroxylation sites is 1. The molecule has 6 heteroatoms. The van der Waals surface area contributed by atoms with Crippen LogP contribution in [0.25, 0.3) is 0 Å². The maximum atomic E-state index is 12.7. The molecule has 0 bridgehead atoms. The van der Waals surface area contributed by atoms with Gasteiger partial charge in [0, 0.05) is 24.1 Å². The van der Waals surface area contributed by atoms with Crippen LogP contribution in [0.1, 0.15) is 29.9 Å². The summed E-state index contributed by atoms with van der Waals surface area (Å²) in [5, 5.41) is 0. The second-order valence-corrected chi connectivity index (χ2v) is 5.53. The predicted octanol–water partition coefficient (Wildman–Crippen LogP) is 2.00. The van der Waals surface area contributed by atoms with E-state index >= 15 is 0 Å². The van der Waals surface area contributed by atoms with Gasteiger partial charge in [0.1, 0.15) is 0 Å². The molecule has 0 unspecified atom stereocenters. The van der Waals surface area contributed by atoms with E-state index in [0.717, 1.165) is 17.7 Å². The molecule has 0 N–H and O–H groups in total. The highest BCUT2D eigenvalue weighted by Crippen LogP contribution is 2.32. The van der Waals surface area contributed by atoms with E-state index in [1.54, 1.807) is 11.8 Å². The van der Waals surface area contributed by atoms with Crippen molar-refractivity contribution in [3.8, 4) is 0 Å². The average Bonchev–Trinajstić information content (AvgIpc) is 2.90. The topological polar surface area (TPSA) is 72.4 Å². The normalized spacial score (nSPS) is 17.5. The fourth-order valence-electron chi connectivity index (χ4n) is 2.77. The van der Waals surface area contributed by atoms with Crippen LogP contribution < -0.4 is 4.90 Å². The average molecular weight is 311 g/mol. The molecular weight excluding hydrogens is 294 g/mol. The van der Waals surface area contributed by atoms with Gasteiger partial charge < -0.3 is 9.64 Å². The van der Waals surface area contributed by atoms with E-state index in [0.29, 0.717) is 0 Å². The van der Waals surface area contributed by atoms with Crippen molar-refractivity contribution in [1.29, 1.82) is 0 Å². The van der Waals surface area contributed by atoms with E-state index in [2.05, 4.69) is 9.97 Å². The molecular formula is C17H17N3O3. The van der Waals surface area contributed by atoms with Gasteiger partial charge in [0.15, 0.2) is 11.8 Å². The van der Waals surface area contributed by atoms with E-state index < -0.39 is 12.1 Å². The zero-order valence-corrected chi connectivity index (χ0v) is 13.0. The Balaban J connectivity index is 1.74. The Bertz CT molecular complexity index is 733. The van der Waals surface area contributed by atoms with Crippen LogP contribution in [0.3, 0.4) is 0 Å². The van der Waals surface area contributed by atoms with Crippen molar-refractivity contribution in [2.45, 2.75) is 32.4 Å². The summed E-state index contributed by atoms with van der Waals surface area (Å²) in [5.74, 6) is -0.890. The molecule has 3 rings (SSSR count).